The average Bonchev–Trinajstić information content (AvgIpc) is 2.16. The Morgan fingerprint density at radius 2 is 1.88 bits per heavy atom. The smallest absolute Gasteiger partial charge is 0.303 e. The van der Waals surface area contributed by atoms with Gasteiger partial charge in [0.15, 0.2) is 0 Å². The van der Waals surface area contributed by atoms with Gasteiger partial charge in [-0.1, -0.05) is 0 Å². The van der Waals surface area contributed by atoms with Crippen LogP contribution in [0.3, 0.4) is 0 Å². The van der Waals surface area contributed by atoms with Crippen molar-refractivity contribution in [3.63, 3.8) is 0 Å². The fraction of sp³-hybridized carbons (Fsp3) is 0.250. The number of hydrogen-bond acceptors (Lipinski definition) is 4. The van der Waals surface area contributed by atoms with Gasteiger partial charge in [0, 0.05) is 12.1 Å². The van der Waals surface area contributed by atoms with Gasteiger partial charge in [0.2, 0.25) is 0 Å². The largest absolute Gasteiger partial charge is 0.467 e. The summed E-state index contributed by atoms with van der Waals surface area (Å²) in [5.74, 6) is 0. The molecule has 16 heavy (non-hydrogen) atoms. The summed E-state index contributed by atoms with van der Waals surface area (Å²) in [6, 6.07) is 5.10. The lowest BCUT2D eigenvalue weighted by Crippen LogP contribution is -2.01. The Bertz CT molecular complexity index is 366. The van der Waals surface area contributed by atoms with Crippen molar-refractivity contribution in [2.24, 2.45) is 0 Å². The zero-order valence-electron chi connectivity index (χ0n) is 7.73. The molecule has 0 N–H and O–H groups in total. The van der Waals surface area contributed by atoms with Gasteiger partial charge in [-0.15, -0.1) is 0 Å². The van der Waals surface area contributed by atoms with Crippen LogP contribution in [0, 0.1) is 10.1 Å². The Balaban J connectivity index is 2.47. The van der Waals surface area contributed by atoms with E-state index in [2.05, 4.69) is 4.18 Å². The van der Waals surface area contributed by atoms with Gasteiger partial charge < -0.3 is 4.18 Å². The maximum absolute atomic E-state index is 11.7. The summed E-state index contributed by atoms with van der Waals surface area (Å²) in [6.45, 7) is -0.262. The lowest BCUT2D eigenvalue weighted by atomic mass is 10.2. The zero-order valence-corrected chi connectivity index (χ0v) is 8.55. The van der Waals surface area contributed by atoms with Crippen LogP contribution in [0.2, 0.25) is 0 Å². The standard InChI is InChI=1S/C8H6F3NO3S/c9-8(10,11)16-15-5-6-1-3-7(4-2-6)12(13)14/h1-4H,5H2. The van der Waals surface area contributed by atoms with Gasteiger partial charge in [-0.2, -0.15) is 13.2 Å². The summed E-state index contributed by atoms with van der Waals surface area (Å²) in [4.78, 5) is 9.69. The van der Waals surface area contributed by atoms with E-state index in [1.54, 1.807) is 0 Å². The number of nitrogens with zero attached hydrogens (tertiary/aromatic N) is 1. The van der Waals surface area contributed by atoms with Crippen LogP contribution in [0.15, 0.2) is 24.3 Å². The molecular weight excluding hydrogens is 247 g/mol. The minimum Gasteiger partial charge on any atom is -0.303 e. The normalized spacial score (nSPS) is 11.4. The first-order valence-electron chi connectivity index (χ1n) is 3.99. The summed E-state index contributed by atoms with van der Waals surface area (Å²) in [7, 11) is 0. The SMILES string of the molecule is O=[N+]([O-])c1ccc(COSC(F)(F)F)cc1. The van der Waals surface area contributed by atoms with Crippen molar-refractivity contribution in [2.75, 3.05) is 0 Å². The molecule has 0 radical (unpaired) electrons. The molecule has 88 valence electrons. The van der Waals surface area contributed by atoms with Gasteiger partial charge in [-0.25, -0.2) is 0 Å². The molecule has 1 rings (SSSR count). The molecule has 0 spiro atoms. The molecule has 0 aliphatic rings. The van der Waals surface area contributed by atoms with E-state index < -0.39 is 22.5 Å². The van der Waals surface area contributed by atoms with Gasteiger partial charge in [0.05, 0.1) is 11.5 Å². The van der Waals surface area contributed by atoms with Gasteiger partial charge in [0.1, 0.15) is 12.0 Å². The number of benzene rings is 1. The van der Waals surface area contributed by atoms with Gasteiger partial charge in [-0.3, -0.25) is 10.1 Å². The maximum Gasteiger partial charge on any atom is 0.467 e. The van der Waals surface area contributed by atoms with Crippen LogP contribution < -0.4 is 0 Å². The summed E-state index contributed by atoms with van der Waals surface area (Å²) in [5.41, 5.74) is -4.13. The second-order valence-electron chi connectivity index (χ2n) is 2.71. The highest BCUT2D eigenvalue weighted by Crippen LogP contribution is 2.31. The third-order valence-electron chi connectivity index (χ3n) is 1.53. The molecule has 0 aliphatic heterocycles. The molecule has 8 heteroatoms. The topological polar surface area (TPSA) is 52.4 Å². The predicted molar refractivity (Wildman–Crippen MR) is 51.5 cm³/mol. The van der Waals surface area contributed by atoms with E-state index >= 15 is 0 Å². The number of rotatable bonds is 4. The lowest BCUT2D eigenvalue weighted by Gasteiger charge is -2.05. The number of halogens is 3. The Morgan fingerprint density at radius 1 is 1.31 bits per heavy atom. The van der Waals surface area contributed by atoms with Crippen LogP contribution in [0.25, 0.3) is 0 Å². The Morgan fingerprint density at radius 3 is 2.31 bits per heavy atom. The Labute approximate surface area is 92.8 Å². The highest BCUT2D eigenvalue weighted by Gasteiger charge is 2.29. The number of alkyl halides is 3. The fourth-order valence-electron chi connectivity index (χ4n) is 0.878. The lowest BCUT2D eigenvalue weighted by molar-refractivity contribution is -0.384. The first-order valence-corrected chi connectivity index (χ1v) is 4.73. The summed E-state index contributed by atoms with van der Waals surface area (Å²) in [5, 5.41) is 10.3. The molecule has 0 unspecified atom stereocenters. The van der Waals surface area contributed by atoms with Crippen LogP contribution in [0.5, 0.6) is 0 Å². The summed E-state index contributed by atoms with van der Waals surface area (Å²) < 4.78 is 39.3. The average molecular weight is 253 g/mol. The van der Waals surface area contributed by atoms with Crippen LogP contribution in [-0.2, 0) is 10.8 Å². The minimum atomic E-state index is -4.44. The molecule has 0 bridgehead atoms. The van der Waals surface area contributed by atoms with E-state index in [0.717, 1.165) is 0 Å². The monoisotopic (exact) mass is 253 g/mol. The molecule has 1 aromatic carbocycles. The number of nitro groups is 1. The van der Waals surface area contributed by atoms with E-state index in [-0.39, 0.29) is 12.3 Å². The second-order valence-corrected chi connectivity index (χ2v) is 3.58. The van der Waals surface area contributed by atoms with E-state index in [1.165, 1.54) is 24.3 Å². The van der Waals surface area contributed by atoms with E-state index in [0.29, 0.717) is 5.56 Å². The number of nitro benzene ring substituents is 1. The van der Waals surface area contributed by atoms with Crippen molar-refractivity contribution < 1.29 is 22.3 Å². The number of hydrogen-bond donors (Lipinski definition) is 0. The third-order valence-corrected chi connectivity index (χ3v) is 1.95. The number of non-ortho nitro benzene ring substituents is 1. The maximum atomic E-state index is 11.7. The van der Waals surface area contributed by atoms with Crippen molar-refractivity contribution in [3.8, 4) is 0 Å². The quantitative estimate of drug-likeness (QED) is 0.469. The Hall–Kier alpha value is -1.28. The van der Waals surface area contributed by atoms with Crippen molar-refractivity contribution in [3.05, 3.63) is 39.9 Å². The van der Waals surface area contributed by atoms with E-state index in [9.17, 15) is 23.3 Å². The molecule has 0 amide bonds. The molecule has 4 nitrogen and oxygen atoms in total. The first kappa shape index (κ1) is 12.8. The molecule has 0 saturated carbocycles. The first-order chi connectivity index (χ1) is 7.38. The third kappa shape index (κ3) is 4.49. The van der Waals surface area contributed by atoms with E-state index in [1.807, 2.05) is 0 Å². The predicted octanol–water partition coefficient (Wildman–Crippen LogP) is 3.28. The molecule has 1 aromatic rings. The van der Waals surface area contributed by atoms with Gasteiger partial charge >= 0.3 is 5.51 Å². The van der Waals surface area contributed by atoms with Crippen molar-refractivity contribution in [2.45, 2.75) is 12.1 Å². The van der Waals surface area contributed by atoms with E-state index in [4.69, 9.17) is 0 Å². The molecule has 0 atom stereocenters. The summed E-state index contributed by atoms with van der Waals surface area (Å²) >= 11 is -0.595. The van der Waals surface area contributed by atoms with Crippen molar-refractivity contribution in [1.82, 2.24) is 0 Å². The molecule has 0 aromatic heterocycles. The fourth-order valence-corrected chi connectivity index (χ4v) is 1.21. The van der Waals surface area contributed by atoms with Crippen molar-refractivity contribution in [1.29, 1.82) is 0 Å². The van der Waals surface area contributed by atoms with Gasteiger partial charge in [0.25, 0.3) is 5.69 Å². The van der Waals surface area contributed by atoms with Crippen molar-refractivity contribution >= 4 is 17.7 Å². The highest BCUT2D eigenvalue weighted by atomic mass is 32.2. The minimum absolute atomic E-state index is 0.118. The van der Waals surface area contributed by atoms with Crippen LogP contribution >= 0.6 is 12.0 Å². The molecule has 0 aliphatic carbocycles. The van der Waals surface area contributed by atoms with Crippen LogP contribution in [0.4, 0.5) is 18.9 Å². The Kier molecular flexibility index (Phi) is 4.13. The molecule has 0 heterocycles. The summed E-state index contributed by atoms with van der Waals surface area (Å²) in [6.07, 6.45) is 0. The molecule has 0 fully saturated rings. The van der Waals surface area contributed by atoms with Crippen LogP contribution in [0.1, 0.15) is 5.56 Å². The van der Waals surface area contributed by atoms with Gasteiger partial charge in [-0.05, 0) is 17.7 Å². The highest BCUT2D eigenvalue weighted by molar-refractivity contribution is 7.95. The second kappa shape index (κ2) is 5.17. The molecular formula is C8H6F3NO3S. The van der Waals surface area contributed by atoms with Crippen LogP contribution in [-0.4, -0.2) is 10.4 Å². The molecule has 0 saturated heterocycles. The zero-order chi connectivity index (χ0) is 12.2.